The Hall–Kier alpha value is -1.85. The first-order valence-corrected chi connectivity index (χ1v) is 11.8. The maximum absolute atomic E-state index is 12.4. The third kappa shape index (κ3) is 4.46. The van der Waals surface area contributed by atoms with Crippen molar-refractivity contribution in [2.24, 2.45) is 0 Å². The lowest BCUT2D eigenvalue weighted by Crippen LogP contribution is -2.43. The largest absolute Gasteiger partial charge is 0.452 e. The van der Waals surface area contributed by atoms with E-state index in [0.717, 1.165) is 5.56 Å². The Labute approximate surface area is 158 Å². The lowest BCUT2D eigenvalue weighted by Gasteiger charge is -2.38. The summed E-state index contributed by atoms with van der Waals surface area (Å²) in [6, 6.07) is 5.52. The second-order valence-electron chi connectivity index (χ2n) is 8.55. The number of cyclic esters (lactones) is 1. The molecule has 1 aliphatic rings. The Bertz CT molecular complexity index is 726. The fourth-order valence-electron chi connectivity index (χ4n) is 2.43. The highest BCUT2D eigenvalue weighted by Gasteiger charge is 2.38. The Kier molecular flexibility index (Phi) is 5.54. The van der Waals surface area contributed by atoms with Gasteiger partial charge in [-0.1, -0.05) is 51.1 Å². The summed E-state index contributed by atoms with van der Waals surface area (Å²) in [7, 11) is -1.93. The first-order valence-electron chi connectivity index (χ1n) is 8.90. The molecule has 1 unspecified atom stereocenters. The molecule has 0 radical (unpaired) electrons. The fourth-order valence-corrected chi connectivity index (χ4v) is 3.64. The SMILES string of the molecule is C=CC(/C=C/c1cccc2c1C(=O)OC(C)(C)O2)O[Si](C)(C)C(C)(C)C. The summed E-state index contributed by atoms with van der Waals surface area (Å²) < 4.78 is 17.5. The monoisotopic (exact) mass is 374 g/mol. The molecule has 1 atom stereocenters. The van der Waals surface area contributed by atoms with Crippen molar-refractivity contribution in [3.63, 3.8) is 0 Å². The number of hydrogen-bond acceptors (Lipinski definition) is 4. The highest BCUT2D eigenvalue weighted by atomic mass is 28.4. The predicted molar refractivity (Wildman–Crippen MR) is 108 cm³/mol. The molecule has 0 spiro atoms. The van der Waals surface area contributed by atoms with E-state index in [1.54, 1.807) is 26.0 Å². The van der Waals surface area contributed by atoms with Crippen molar-refractivity contribution in [2.75, 3.05) is 0 Å². The molecule has 1 aliphatic heterocycles. The third-order valence-electron chi connectivity index (χ3n) is 4.89. The van der Waals surface area contributed by atoms with E-state index in [1.165, 1.54) is 0 Å². The standard InChI is InChI=1S/C21H30O4Si/c1-9-16(25-26(7,8)20(2,3)4)14-13-15-11-10-12-17-18(15)19(22)24-21(5,6)23-17/h9-14,16H,1H2,2-8H3/b14-13+. The molecule has 1 aromatic carbocycles. The summed E-state index contributed by atoms with van der Waals surface area (Å²) >= 11 is 0. The molecule has 0 amide bonds. The van der Waals surface area contributed by atoms with Gasteiger partial charge in [0.25, 0.3) is 0 Å². The van der Waals surface area contributed by atoms with Gasteiger partial charge in [0, 0.05) is 13.8 Å². The first-order chi connectivity index (χ1) is 11.9. The van der Waals surface area contributed by atoms with Gasteiger partial charge in [-0.25, -0.2) is 4.79 Å². The number of ether oxygens (including phenoxy) is 2. The van der Waals surface area contributed by atoms with Crippen LogP contribution < -0.4 is 4.74 Å². The third-order valence-corrected chi connectivity index (χ3v) is 9.37. The molecular formula is C21H30O4Si. The Morgan fingerprint density at radius 2 is 1.88 bits per heavy atom. The molecule has 4 nitrogen and oxygen atoms in total. The second-order valence-corrected chi connectivity index (χ2v) is 13.3. The fraction of sp³-hybridized carbons (Fsp3) is 0.476. The van der Waals surface area contributed by atoms with Gasteiger partial charge < -0.3 is 13.9 Å². The number of fused-ring (bicyclic) bond motifs is 1. The molecule has 0 N–H and O–H groups in total. The van der Waals surface area contributed by atoms with Crippen molar-refractivity contribution in [1.29, 1.82) is 0 Å². The highest BCUT2D eigenvalue weighted by molar-refractivity contribution is 6.74. The maximum atomic E-state index is 12.4. The van der Waals surface area contributed by atoms with E-state index in [-0.39, 0.29) is 17.1 Å². The van der Waals surface area contributed by atoms with Gasteiger partial charge in [-0.2, -0.15) is 0 Å². The van der Waals surface area contributed by atoms with Crippen LogP contribution in [0.5, 0.6) is 5.75 Å². The van der Waals surface area contributed by atoms with E-state index in [1.807, 2.05) is 24.3 Å². The van der Waals surface area contributed by atoms with Crippen LogP contribution in [0, 0.1) is 0 Å². The molecule has 1 aromatic rings. The van der Waals surface area contributed by atoms with Crippen molar-refractivity contribution >= 4 is 20.4 Å². The Morgan fingerprint density at radius 1 is 1.23 bits per heavy atom. The van der Waals surface area contributed by atoms with E-state index in [0.29, 0.717) is 11.3 Å². The van der Waals surface area contributed by atoms with Crippen LogP contribution in [0.4, 0.5) is 0 Å². The summed E-state index contributed by atoms with van der Waals surface area (Å²) in [5.74, 6) is -0.799. The number of benzene rings is 1. The van der Waals surface area contributed by atoms with Gasteiger partial charge >= 0.3 is 5.97 Å². The van der Waals surface area contributed by atoms with Crippen molar-refractivity contribution in [2.45, 2.75) is 64.6 Å². The number of carbonyl (C=O) groups is 1. The molecule has 1 heterocycles. The minimum Gasteiger partial charge on any atom is -0.452 e. The smallest absolute Gasteiger partial charge is 0.345 e. The minimum atomic E-state index is -1.93. The van der Waals surface area contributed by atoms with Gasteiger partial charge in [0.1, 0.15) is 11.3 Å². The molecule has 0 fully saturated rings. The van der Waals surface area contributed by atoms with Gasteiger partial charge in [-0.05, 0) is 29.8 Å². The molecule has 0 bridgehead atoms. The lowest BCUT2D eigenvalue weighted by molar-refractivity contribution is -0.127. The Morgan fingerprint density at radius 3 is 2.46 bits per heavy atom. The van der Waals surface area contributed by atoms with Crippen LogP contribution in [0.1, 0.15) is 50.5 Å². The van der Waals surface area contributed by atoms with Gasteiger partial charge in [0.15, 0.2) is 8.32 Å². The molecule has 0 aromatic heterocycles. The van der Waals surface area contributed by atoms with Crippen LogP contribution in [-0.4, -0.2) is 26.2 Å². The van der Waals surface area contributed by atoms with Gasteiger partial charge in [-0.15, -0.1) is 6.58 Å². The topological polar surface area (TPSA) is 44.8 Å². The van der Waals surface area contributed by atoms with Gasteiger partial charge in [0.05, 0.1) is 6.10 Å². The molecule has 0 aliphatic carbocycles. The van der Waals surface area contributed by atoms with Crippen LogP contribution >= 0.6 is 0 Å². The minimum absolute atomic E-state index is 0.108. The zero-order chi connectivity index (χ0) is 19.8. The first kappa shape index (κ1) is 20.5. The van der Waals surface area contributed by atoms with Crippen LogP contribution in [0.15, 0.2) is 36.9 Å². The van der Waals surface area contributed by atoms with Crippen LogP contribution in [0.2, 0.25) is 18.1 Å². The molecule has 0 saturated carbocycles. The number of hydrogen-bond donors (Lipinski definition) is 0. The predicted octanol–water partition coefficient (Wildman–Crippen LogP) is 5.56. The normalized spacial score (nSPS) is 18.0. The summed E-state index contributed by atoms with van der Waals surface area (Å²) in [4.78, 5) is 12.4. The Balaban J connectivity index is 2.28. The molecule has 142 valence electrons. The number of carbonyl (C=O) groups excluding carboxylic acids is 1. The van der Waals surface area contributed by atoms with E-state index in [2.05, 4.69) is 40.4 Å². The van der Waals surface area contributed by atoms with E-state index in [9.17, 15) is 4.79 Å². The maximum Gasteiger partial charge on any atom is 0.345 e. The van der Waals surface area contributed by atoms with Gasteiger partial charge in [0.2, 0.25) is 5.79 Å². The van der Waals surface area contributed by atoms with Crippen molar-refractivity contribution in [3.05, 3.63) is 48.1 Å². The average molecular weight is 375 g/mol. The quantitative estimate of drug-likeness (QED) is 0.384. The zero-order valence-electron chi connectivity index (χ0n) is 16.9. The van der Waals surface area contributed by atoms with Crippen molar-refractivity contribution in [1.82, 2.24) is 0 Å². The lowest BCUT2D eigenvalue weighted by atomic mass is 10.0. The summed E-state index contributed by atoms with van der Waals surface area (Å²) in [6.07, 6.45) is 5.37. The average Bonchev–Trinajstić information content (AvgIpc) is 2.48. The zero-order valence-corrected chi connectivity index (χ0v) is 17.9. The van der Waals surface area contributed by atoms with E-state index >= 15 is 0 Å². The highest BCUT2D eigenvalue weighted by Crippen LogP contribution is 2.38. The number of rotatable bonds is 5. The second kappa shape index (κ2) is 7.04. The van der Waals surface area contributed by atoms with E-state index in [4.69, 9.17) is 13.9 Å². The molecule has 2 rings (SSSR count). The number of esters is 1. The molecule has 26 heavy (non-hydrogen) atoms. The van der Waals surface area contributed by atoms with Crippen LogP contribution in [-0.2, 0) is 9.16 Å². The van der Waals surface area contributed by atoms with E-state index < -0.39 is 14.1 Å². The summed E-state index contributed by atoms with van der Waals surface area (Å²) in [6.45, 7) is 18.3. The van der Waals surface area contributed by atoms with Crippen molar-refractivity contribution in [3.8, 4) is 5.75 Å². The summed E-state index contributed by atoms with van der Waals surface area (Å²) in [5.41, 5.74) is 1.19. The van der Waals surface area contributed by atoms with Crippen LogP contribution in [0.25, 0.3) is 6.08 Å². The molecule has 5 heteroatoms. The van der Waals surface area contributed by atoms with Crippen LogP contribution in [0.3, 0.4) is 0 Å². The molecular weight excluding hydrogens is 344 g/mol. The molecule has 0 saturated heterocycles. The van der Waals surface area contributed by atoms with Gasteiger partial charge in [-0.3, -0.25) is 0 Å². The van der Waals surface area contributed by atoms with Crippen molar-refractivity contribution < 1.29 is 18.7 Å². The summed E-state index contributed by atoms with van der Waals surface area (Å²) in [5, 5.41) is 0.108.